The van der Waals surface area contributed by atoms with E-state index in [1.54, 1.807) is 41.4 Å². The third kappa shape index (κ3) is 5.10. The zero-order valence-electron chi connectivity index (χ0n) is 21.8. The first-order valence-corrected chi connectivity index (χ1v) is 13.7. The molecule has 13 heteroatoms. The van der Waals surface area contributed by atoms with Crippen LogP contribution in [0.5, 0.6) is 5.75 Å². The SMILES string of the molecule is CN1CCN(c2cc(NCN3CCOCC3)cn3c(=O)c(O)c(-c4ncc(Cc5ccc(F)cc5)s4)nc23)C1=O. The van der Waals surface area contributed by atoms with Crippen LogP contribution in [-0.4, -0.2) is 88.4 Å². The van der Waals surface area contributed by atoms with Crippen molar-refractivity contribution < 1.29 is 19.0 Å². The molecule has 208 valence electrons. The maximum Gasteiger partial charge on any atom is 0.324 e. The molecule has 2 fully saturated rings. The zero-order chi connectivity index (χ0) is 27.8. The fourth-order valence-corrected chi connectivity index (χ4v) is 5.73. The molecule has 0 radical (unpaired) electrons. The number of carbonyl (C=O) groups excluding carboxylic acids is 1. The van der Waals surface area contributed by atoms with Crippen LogP contribution in [0.15, 0.2) is 47.5 Å². The predicted octanol–water partition coefficient (Wildman–Crippen LogP) is 2.83. The Morgan fingerprint density at radius 3 is 2.62 bits per heavy atom. The minimum absolute atomic E-state index is 0.0515. The number of urea groups is 1. The van der Waals surface area contributed by atoms with E-state index < -0.39 is 11.3 Å². The summed E-state index contributed by atoms with van der Waals surface area (Å²) in [4.78, 5) is 41.8. The summed E-state index contributed by atoms with van der Waals surface area (Å²) >= 11 is 1.29. The second-order valence-electron chi connectivity index (χ2n) is 9.78. The second-order valence-corrected chi connectivity index (χ2v) is 10.9. The summed E-state index contributed by atoms with van der Waals surface area (Å²) in [5, 5.41) is 14.7. The van der Waals surface area contributed by atoms with Gasteiger partial charge in [0.15, 0.2) is 5.65 Å². The summed E-state index contributed by atoms with van der Waals surface area (Å²) in [5.74, 6) is -0.834. The van der Waals surface area contributed by atoms with E-state index in [1.807, 2.05) is 6.07 Å². The lowest BCUT2D eigenvalue weighted by molar-refractivity contribution is 0.0414. The zero-order valence-corrected chi connectivity index (χ0v) is 22.7. The lowest BCUT2D eigenvalue weighted by Gasteiger charge is -2.27. The van der Waals surface area contributed by atoms with Gasteiger partial charge in [0.25, 0.3) is 0 Å². The molecule has 0 atom stereocenters. The van der Waals surface area contributed by atoms with E-state index in [2.05, 4.69) is 20.2 Å². The van der Waals surface area contributed by atoms with E-state index in [4.69, 9.17) is 4.74 Å². The third-order valence-electron chi connectivity index (χ3n) is 7.05. The average molecular weight is 566 g/mol. The summed E-state index contributed by atoms with van der Waals surface area (Å²) < 4.78 is 20.0. The van der Waals surface area contributed by atoms with Crippen LogP contribution in [0.25, 0.3) is 16.3 Å². The van der Waals surface area contributed by atoms with Crippen LogP contribution in [0.1, 0.15) is 10.4 Å². The van der Waals surface area contributed by atoms with Gasteiger partial charge in [-0.15, -0.1) is 11.3 Å². The number of amides is 2. The number of carbonyl (C=O) groups is 1. The minimum atomic E-state index is -0.661. The van der Waals surface area contributed by atoms with E-state index in [1.165, 1.54) is 27.9 Å². The van der Waals surface area contributed by atoms with Crippen LogP contribution < -0.4 is 15.8 Å². The number of hydrogen-bond donors (Lipinski definition) is 2. The van der Waals surface area contributed by atoms with Crippen molar-refractivity contribution >= 4 is 34.4 Å². The molecule has 2 N–H and O–H groups in total. The standard InChI is InChI=1S/C27H28FN7O4S/c1-32-6-7-34(27(32)38)21-13-19(30-16-33-8-10-39-11-9-33)15-35-24(21)31-22(23(36)26(35)37)25-29-14-20(40-25)12-17-2-4-18(28)5-3-17/h2-5,13-15,30,36H,6-12,16H2,1H3. The lowest BCUT2D eigenvalue weighted by atomic mass is 10.1. The summed E-state index contributed by atoms with van der Waals surface area (Å²) in [7, 11) is 1.72. The van der Waals surface area contributed by atoms with Crippen LogP contribution in [-0.2, 0) is 11.2 Å². The molecule has 5 heterocycles. The van der Waals surface area contributed by atoms with Gasteiger partial charge in [-0.2, -0.15) is 0 Å². The smallest absolute Gasteiger partial charge is 0.324 e. The number of rotatable bonds is 7. The first-order valence-electron chi connectivity index (χ1n) is 12.9. The third-order valence-corrected chi connectivity index (χ3v) is 8.05. The molecule has 2 aliphatic rings. The lowest BCUT2D eigenvalue weighted by Crippen LogP contribution is -2.39. The number of aromatic nitrogens is 3. The predicted molar refractivity (Wildman–Crippen MR) is 150 cm³/mol. The summed E-state index contributed by atoms with van der Waals surface area (Å²) in [5.41, 5.74) is 1.62. The molecule has 2 saturated heterocycles. The highest BCUT2D eigenvalue weighted by Crippen LogP contribution is 2.33. The quantitative estimate of drug-likeness (QED) is 0.352. The monoisotopic (exact) mass is 565 g/mol. The second kappa shape index (κ2) is 10.8. The van der Waals surface area contributed by atoms with Gasteiger partial charge in [-0.05, 0) is 23.8 Å². The van der Waals surface area contributed by atoms with Gasteiger partial charge in [0.2, 0.25) is 5.75 Å². The first-order chi connectivity index (χ1) is 19.4. The normalized spacial score (nSPS) is 16.3. The number of benzene rings is 1. The Morgan fingerprint density at radius 2 is 1.90 bits per heavy atom. The van der Waals surface area contributed by atoms with Crippen molar-refractivity contribution in [2.75, 3.05) is 63.3 Å². The van der Waals surface area contributed by atoms with Gasteiger partial charge in [0.1, 0.15) is 16.5 Å². The Balaban J connectivity index is 1.39. The minimum Gasteiger partial charge on any atom is -0.501 e. The van der Waals surface area contributed by atoms with E-state index in [0.717, 1.165) is 23.5 Å². The number of aromatic hydroxyl groups is 1. The van der Waals surface area contributed by atoms with Gasteiger partial charge >= 0.3 is 11.6 Å². The molecular weight excluding hydrogens is 537 g/mol. The number of nitrogens with zero attached hydrogens (tertiary/aromatic N) is 6. The number of hydrogen-bond acceptors (Lipinski definition) is 9. The molecule has 3 aromatic heterocycles. The number of ether oxygens (including phenoxy) is 1. The van der Waals surface area contributed by atoms with Crippen molar-refractivity contribution in [3.8, 4) is 16.5 Å². The van der Waals surface area contributed by atoms with E-state index >= 15 is 0 Å². The maximum absolute atomic E-state index is 13.5. The number of thiazole rings is 1. The van der Waals surface area contributed by atoms with Gasteiger partial charge in [0.05, 0.1) is 31.3 Å². The average Bonchev–Trinajstić information content (AvgIpc) is 3.57. The molecule has 2 aliphatic heterocycles. The van der Waals surface area contributed by atoms with Gasteiger partial charge in [0, 0.05) is 56.9 Å². The molecule has 4 aromatic rings. The number of anilines is 2. The van der Waals surface area contributed by atoms with Gasteiger partial charge < -0.3 is 20.1 Å². The highest BCUT2D eigenvalue weighted by molar-refractivity contribution is 7.15. The number of morpholine rings is 1. The molecule has 11 nitrogen and oxygen atoms in total. The van der Waals surface area contributed by atoms with Gasteiger partial charge in [-0.3, -0.25) is 19.0 Å². The number of pyridine rings is 1. The van der Waals surface area contributed by atoms with E-state index in [0.29, 0.717) is 55.8 Å². The molecule has 1 aromatic carbocycles. The Morgan fingerprint density at radius 1 is 1.12 bits per heavy atom. The van der Waals surface area contributed by atoms with Crippen LogP contribution in [0.2, 0.25) is 0 Å². The summed E-state index contributed by atoms with van der Waals surface area (Å²) in [6.07, 6.45) is 3.76. The van der Waals surface area contributed by atoms with E-state index in [9.17, 15) is 19.1 Å². The molecule has 0 unspecified atom stereocenters. The first kappa shape index (κ1) is 26.2. The fraction of sp³-hybridized carbons (Fsp3) is 0.333. The van der Waals surface area contributed by atoms with Crippen molar-refractivity contribution in [3.63, 3.8) is 0 Å². The molecular formula is C27H28FN7O4S. The topological polar surface area (TPSA) is 116 Å². The number of fused-ring (bicyclic) bond motifs is 1. The highest BCUT2D eigenvalue weighted by atomic mass is 32.1. The number of nitrogens with one attached hydrogen (secondary N) is 1. The fourth-order valence-electron chi connectivity index (χ4n) is 4.79. The van der Waals surface area contributed by atoms with Crippen molar-refractivity contribution in [2.24, 2.45) is 0 Å². The molecule has 40 heavy (non-hydrogen) atoms. The largest absolute Gasteiger partial charge is 0.501 e. The molecule has 2 amide bonds. The van der Waals surface area contributed by atoms with Crippen LogP contribution in [0.4, 0.5) is 20.6 Å². The summed E-state index contributed by atoms with van der Waals surface area (Å²) in [6.45, 7) is 4.37. The molecule has 0 saturated carbocycles. The Hall–Kier alpha value is -4.07. The Bertz CT molecular complexity index is 1620. The molecule has 6 rings (SSSR count). The van der Waals surface area contributed by atoms with Crippen molar-refractivity contribution in [1.82, 2.24) is 24.2 Å². The summed E-state index contributed by atoms with van der Waals surface area (Å²) in [6, 6.07) is 7.81. The Labute approximate surface area is 233 Å². The highest BCUT2D eigenvalue weighted by Gasteiger charge is 2.30. The van der Waals surface area contributed by atoms with Crippen LogP contribution in [0.3, 0.4) is 0 Å². The Kier molecular flexibility index (Phi) is 7.09. The molecule has 0 bridgehead atoms. The van der Waals surface area contributed by atoms with Gasteiger partial charge in [-0.25, -0.2) is 19.2 Å². The van der Waals surface area contributed by atoms with Gasteiger partial charge in [-0.1, -0.05) is 12.1 Å². The number of likely N-dealkylation sites (N-methyl/N-ethyl adjacent to an activating group) is 1. The van der Waals surface area contributed by atoms with Crippen molar-refractivity contribution in [2.45, 2.75) is 6.42 Å². The maximum atomic E-state index is 13.5. The molecule has 0 spiro atoms. The van der Waals surface area contributed by atoms with E-state index in [-0.39, 0.29) is 23.2 Å². The van der Waals surface area contributed by atoms with Crippen LogP contribution in [0, 0.1) is 5.82 Å². The van der Waals surface area contributed by atoms with Crippen molar-refractivity contribution in [3.05, 3.63) is 69.3 Å². The number of halogens is 1. The molecule has 0 aliphatic carbocycles. The van der Waals surface area contributed by atoms with Crippen LogP contribution >= 0.6 is 11.3 Å². The van der Waals surface area contributed by atoms with Crippen molar-refractivity contribution in [1.29, 1.82) is 0 Å².